The normalized spacial score (nSPS) is 11.8. The Morgan fingerprint density at radius 1 is 1.48 bits per heavy atom. The predicted molar refractivity (Wildman–Crippen MR) is 72.2 cm³/mol. The molecule has 0 bridgehead atoms. The number of carboxylic acid groups (broad SMARTS) is 1. The Hall–Kier alpha value is -2.07. The summed E-state index contributed by atoms with van der Waals surface area (Å²) in [5.74, 6) is -1.58. The number of aromatic nitrogens is 1. The highest BCUT2D eigenvalue weighted by Crippen LogP contribution is 2.19. The van der Waals surface area contributed by atoms with Crippen LogP contribution in [-0.4, -0.2) is 46.3 Å². The lowest BCUT2D eigenvalue weighted by atomic mass is 10.3. The summed E-state index contributed by atoms with van der Waals surface area (Å²) in [6, 6.07) is 1.61. The molecule has 116 valence electrons. The van der Waals surface area contributed by atoms with Crippen LogP contribution < -0.4 is 0 Å². The molecule has 9 nitrogen and oxygen atoms in total. The summed E-state index contributed by atoms with van der Waals surface area (Å²) in [6.07, 6.45) is 0.557. The van der Waals surface area contributed by atoms with Crippen LogP contribution in [0.25, 0.3) is 0 Å². The van der Waals surface area contributed by atoms with Crippen LogP contribution in [-0.2, 0) is 14.8 Å². The number of hydrogen-bond donors (Lipinski definition) is 1. The Labute approximate surface area is 121 Å². The van der Waals surface area contributed by atoms with Crippen molar-refractivity contribution in [2.24, 2.45) is 0 Å². The van der Waals surface area contributed by atoms with Crippen molar-refractivity contribution in [3.8, 4) is 0 Å². The molecule has 0 saturated carbocycles. The molecule has 1 rings (SSSR count). The standard InChI is InChI=1S/C11H15N3O6S/c1-8(2)13(6-5-11(15)16)21(19,20)9-3-4-10(12-7-9)14(17)18/h3-4,7-8H,5-6H2,1-2H3,(H,15,16). The van der Waals surface area contributed by atoms with Crippen LogP contribution in [0.5, 0.6) is 0 Å². The van der Waals surface area contributed by atoms with Gasteiger partial charge in [0.2, 0.25) is 10.0 Å². The molecule has 0 atom stereocenters. The lowest BCUT2D eigenvalue weighted by molar-refractivity contribution is -0.389. The van der Waals surface area contributed by atoms with Gasteiger partial charge in [-0.25, -0.2) is 8.42 Å². The van der Waals surface area contributed by atoms with E-state index in [9.17, 15) is 23.3 Å². The van der Waals surface area contributed by atoms with E-state index in [0.29, 0.717) is 0 Å². The molecular formula is C11H15N3O6S. The largest absolute Gasteiger partial charge is 0.481 e. The Morgan fingerprint density at radius 3 is 2.48 bits per heavy atom. The average molecular weight is 317 g/mol. The fraction of sp³-hybridized carbons (Fsp3) is 0.455. The minimum absolute atomic E-state index is 0.188. The lowest BCUT2D eigenvalue weighted by Gasteiger charge is -2.24. The van der Waals surface area contributed by atoms with Crippen LogP contribution in [0.1, 0.15) is 20.3 Å². The van der Waals surface area contributed by atoms with Gasteiger partial charge in [-0.15, -0.1) is 0 Å². The van der Waals surface area contributed by atoms with Gasteiger partial charge in [0.05, 0.1) is 6.42 Å². The number of carboxylic acids is 1. The van der Waals surface area contributed by atoms with Gasteiger partial charge in [0, 0.05) is 18.7 Å². The molecular weight excluding hydrogens is 302 g/mol. The van der Waals surface area contributed by atoms with Crippen LogP contribution in [0.3, 0.4) is 0 Å². The quantitative estimate of drug-likeness (QED) is 0.583. The number of sulfonamides is 1. The number of pyridine rings is 1. The number of carbonyl (C=O) groups is 1. The highest BCUT2D eigenvalue weighted by atomic mass is 32.2. The van der Waals surface area contributed by atoms with Crippen molar-refractivity contribution in [2.45, 2.75) is 31.2 Å². The van der Waals surface area contributed by atoms with E-state index < -0.39 is 32.8 Å². The Bertz CT molecular complexity index is 626. The maximum Gasteiger partial charge on any atom is 0.363 e. The van der Waals surface area contributed by atoms with E-state index in [1.54, 1.807) is 13.8 Å². The zero-order chi connectivity index (χ0) is 16.2. The maximum absolute atomic E-state index is 12.4. The van der Waals surface area contributed by atoms with E-state index in [0.717, 1.165) is 22.6 Å². The summed E-state index contributed by atoms with van der Waals surface area (Å²) in [5.41, 5.74) is 0. The summed E-state index contributed by atoms with van der Waals surface area (Å²) in [7, 11) is -3.95. The fourth-order valence-corrected chi connectivity index (χ4v) is 3.21. The summed E-state index contributed by atoms with van der Waals surface area (Å²) in [4.78, 5) is 23.6. The molecule has 0 aliphatic rings. The van der Waals surface area contributed by atoms with E-state index >= 15 is 0 Å². The van der Waals surface area contributed by atoms with E-state index in [1.165, 1.54) is 0 Å². The molecule has 0 aromatic carbocycles. The van der Waals surface area contributed by atoms with Crippen molar-refractivity contribution in [3.05, 3.63) is 28.4 Å². The van der Waals surface area contributed by atoms with Crippen LogP contribution in [0.4, 0.5) is 5.82 Å². The van der Waals surface area contributed by atoms with E-state index in [4.69, 9.17) is 5.11 Å². The second kappa shape index (κ2) is 6.59. The van der Waals surface area contributed by atoms with Crippen LogP contribution in [0.2, 0.25) is 0 Å². The van der Waals surface area contributed by atoms with Crippen LogP contribution >= 0.6 is 0 Å². The van der Waals surface area contributed by atoms with Gasteiger partial charge < -0.3 is 15.2 Å². The smallest absolute Gasteiger partial charge is 0.363 e. The van der Waals surface area contributed by atoms with Crippen molar-refractivity contribution in [3.63, 3.8) is 0 Å². The monoisotopic (exact) mass is 317 g/mol. The maximum atomic E-state index is 12.4. The molecule has 0 unspecified atom stereocenters. The number of aliphatic carboxylic acids is 1. The third-order valence-electron chi connectivity index (χ3n) is 2.64. The molecule has 0 saturated heterocycles. The first-order valence-electron chi connectivity index (χ1n) is 6.00. The fourth-order valence-electron chi connectivity index (χ4n) is 1.63. The van der Waals surface area contributed by atoms with Gasteiger partial charge >= 0.3 is 11.8 Å². The third kappa shape index (κ3) is 4.20. The number of nitrogens with zero attached hydrogens (tertiary/aromatic N) is 3. The van der Waals surface area contributed by atoms with Gasteiger partial charge in [0.25, 0.3) is 0 Å². The summed E-state index contributed by atoms with van der Waals surface area (Å²) in [5, 5.41) is 19.2. The highest BCUT2D eigenvalue weighted by molar-refractivity contribution is 7.89. The van der Waals surface area contributed by atoms with Gasteiger partial charge in [0.1, 0.15) is 4.90 Å². The van der Waals surface area contributed by atoms with Crippen molar-refractivity contribution in [1.82, 2.24) is 9.29 Å². The molecule has 0 aliphatic heterocycles. The first-order chi connectivity index (χ1) is 9.66. The van der Waals surface area contributed by atoms with Crippen LogP contribution in [0, 0.1) is 10.1 Å². The molecule has 21 heavy (non-hydrogen) atoms. The number of nitro groups is 1. The number of rotatable bonds is 7. The first kappa shape index (κ1) is 17.0. The topological polar surface area (TPSA) is 131 Å². The van der Waals surface area contributed by atoms with E-state index in [2.05, 4.69) is 4.98 Å². The molecule has 0 amide bonds. The first-order valence-corrected chi connectivity index (χ1v) is 7.44. The Morgan fingerprint density at radius 2 is 2.10 bits per heavy atom. The molecule has 1 aromatic rings. The van der Waals surface area contributed by atoms with Crippen LogP contribution in [0.15, 0.2) is 23.2 Å². The van der Waals surface area contributed by atoms with Crippen molar-refractivity contribution in [1.29, 1.82) is 0 Å². The molecule has 0 spiro atoms. The predicted octanol–water partition coefficient (Wildman–Crippen LogP) is 0.864. The van der Waals surface area contributed by atoms with Crippen molar-refractivity contribution < 1.29 is 23.2 Å². The van der Waals surface area contributed by atoms with Gasteiger partial charge in [0.15, 0.2) is 6.20 Å². The molecule has 0 fully saturated rings. The summed E-state index contributed by atoms with van der Waals surface area (Å²) < 4.78 is 25.8. The van der Waals surface area contributed by atoms with E-state index in [1.807, 2.05) is 0 Å². The minimum Gasteiger partial charge on any atom is -0.481 e. The Balaban J connectivity index is 3.10. The van der Waals surface area contributed by atoms with Gasteiger partial charge in [-0.2, -0.15) is 4.31 Å². The zero-order valence-corrected chi connectivity index (χ0v) is 12.3. The van der Waals surface area contributed by atoms with Gasteiger partial charge in [-0.3, -0.25) is 4.79 Å². The number of hydrogen-bond acceptors (Lipinski definition) is 6. The highest BCUT2D eigenvalue weighted by Gasteiger charge is 2.29. The molecule has 1 heterocycles. The minimum atomic E-state index is -3.95. The molecule has 1 N–H and O–H groups in total. The zero-order valence-electron chi connectivity index (χ0n) is 11.5. The van der Waals surface area contributed by atoms with Gasteiger partial charge in [-0.1, -0.05) is 0 Å². The second-order valence-electron chi connectivity index (χ2n) is 4.46. The SMILES string of the molecule is CC(C)N(CCC(=O)O)S(=O)(=O)c1ccc([N+](=O)[O-])nc1. The van der Waals surface area contributed by atoms with Crippen molar-refractivity contribution >= 4 is 21.8 Å². The molecule has 0 radical (unpaired) electrons. The molecule has 0 aliphatic carbocycles. The lowest BCUT2D eigenvalue weighted by Crippen LogP contribution is -2.38. The van der Waals surface area contributed by atoms with Crippen molar-refractivity contribution in [2.75, 3.05) is 6.54 Å². The summed E-state index contributed by atoms with van der Waals surface area (Å²) >= 11 is 0. The van der Waals surface area contributed by atoms with Gasteiger partial charge in [-0.05, 0) is 29.8 Å². The second-order valence-corrected chi connectivity index (χ2v) is 6.35. The molecule has 1 aromatic heterocycles. The Kier molecular flexibility index (Phi) is 5.33. The molecule has 10 heteroatoms. The van der Waals surface area contributed by atoms with E-state index in [-0.39, 0.29) is 17.9 Å². The third-order valence-corrected chi connectivity index (χ3v) is 4.70. The summed E-state index contributed by atoms with van der Waals surface area (Å²) in [6.45, 7) is 3.03. The average Bonchev–Trinajstić information content (AvgIpc) is 2.37.